The predicted molar refractivity (Wildman–Crippen MR) is 89.0 cm³/mol. The summed E-state index contributed by atoms with van der Waals surface area (Å²) < 4.78 is 10.3. The molecule has 7 nitrogen and oxygen atoms in total. The molecule has 0 rings (SSSR count). The van der Waals surface area contributed by atoms with E-state index in [1.165, 1.54) is 0 Å². The molecule has 0 heterocycles. The van der Waals surface area contributed by atoms with Gasteiger partial charge in [-0.2, -0.15) is 0 Å². The van der Waals surface area contributed by atoms with Crippen LogP contribution >= 0.6 is 0 Å². The van der Waals surface area contributed by atoms with E-state index in [9.17, 15) is 4.79 Å². The molecule has 2 atom stereocenters. The van der Waals surface area contributed by atoms with Crippen LogP contribution in [0.5, 0.6) is 0 Å². The number of amides is 1. The van der Waals surface area contributed by atoms with E-state index >= 15 is 0 Å². The molecule has 0 saturated heterocycles. The highest BCUT2D eigenvalue weighted by Gasteiger charge is 2.21. The van der Waals surface area contributed by atoms with Gasteiger partial charge >= 0.3 is 6.09 Å². The third kappa shape index (κ3) is 10.3. The van der Waals surface area contributed by atoms with Gasteiger partial charge in [0.1, 0.15) is 5.60 Å². The summed E-state index contributed by atoms with van der Waals surface area (Å²) in [5.74, 6) is 0.543. The fourth-order valence-corrected chi connectivity index (χ4v) is 1.67. The van der Waals surface area contributed by atoms with Crippen LogP contribution in [-0.4, -0.2) is 50.0 Å². The SMILES string of the molecule is COCC(C)NC(N)=NCC(NC(=O)OC(C)(C)C)C(C)C. The fourth-order valence-electron chi connectivity index (χ4n) is 1.67. The van der Waals surface area contributed by atoms with Crippen LogP contribution in [0.25, 0.3) is 0 Å². The summed E-state index contributed by atoms with van der Waals surface area (Å²) in [7, 11) is 1.63. The van der Waals surface area contributed by atoms with E-state index < -0.39 is 11.7 Å². The number of nitrogens with one attached hydrogen (secondary N) is 2. The molecule has 130 valence electrons. The topological polar surface area (TPSA) is 98.0 Å². The van der Waals surface area contributed by atoms with E-state index in [1.54, 1.807) is 7.11 Å². The van der Waals surface area contributed by atoms with Crippen molar-refractivity contribution in [3.8, 4) is 0 Å². The second-order valence-corrected chi connectivity index (χ2v) is 6.72. The Balaban J connectivity index is 4.49. The molecule has 0 spiro atoms. The second kappa shape index (κ2) is 9.50. The number of methoxy groups -OCH3 is 1. The Kier molecular flexibility index (Phi) is 8.86. The second-order valence-electron chi connectivity index (χ2n) is 6.72. The molecule has 0 aromatic carbocycles. The Morgan fingerprint density at radius 3 is 2.27 bits per heavy atom. The van der Waals surface area contributed by atoms with Gasteiger partial charge in [0.15, 0.2) is 5.96 Å². The minimum Gasteiger partial charge on any atom is -0.444 e. The minimum absolute atomic E-state index is 0.0741. The number of carbonyl (C=O) groups excluding carboxylic acids is 1. The molecule has 22 heavy (non-hydrogen) atoms. The van der Waals surface area contributed by atoms with Crippen molar-refractivity contribution in [3.05, 3.63) is 0 Å². The fraction of sp³-hybridized carbons (Fsp3) is 0.867. The predicted octanol–water partition coefficient (Wildman–Crippen LogP) is 1.47. The number of hydrogen-bond acceptors (Lipinski definition) is 4. The van der Waals surface area contributed by atoms with Crippen molar-refractivity contribution in [1.29, 1.82) is 0 Å². The highest BCUT2D eigenvalue weighted by atomic mass is 16.6. The van der Waals surface area contributed by atoms with Crippen LogP contribution in [0.1, 0.15) is 41.5 Å². The van der Waals surface area contributed by atoms with Gasteiger partial charge in [0.25, 0.3) is 0 Å². The van der Waals surface area contributed by atoms with Crippen LogP contribution in [0.4, 0.5) is 4.79 Å². The number of aliphatic imine (C=N–C) groups is 1. The van der Waals surface area contributed by atoms with Crippen LogP contribution in [0.3, 0.4) is 0 Å². The molecular formula is C15H32N4O3. The van der Waals surface area contributed by atoms with Gasteiger partial charge in [0, 0.05) is 13.2 Å². The van der Waals surface area contributed by atoms with E-state index in [4.69, 9.17) is 15.2 Å². The summed E-state index contributed by atoms with van der Waals surface area (Å²) in [6.07, 6.45) is -0.444. The number of alkyl carbamates (subject to hydrolysis) is 1. The van der Waals surface area contributed by atoms with Crippen molar-refractivity contribution in [2.45, 2.75) is 59.2 Å². The van der Waals surface area contributed by atoms with Crippen LogP contribution in [0, 0.1) is 5.92 Å². The van der Waals surface area contributed by atoms with Gasteiger partial charge in [0.05, 0.1) is 19.2 Å². The third-order valence-electron chi connectivity index (χ3n) is 2.78. The van der Waals surface area contributed by atoms with Crippen LogP contribution in [0.2, 0.25) is 0 Å². The molecular weight excluding hydrogens is 284 g/mol. The molecule has 0 radical (unpaired) electrons. The van der Waals surface area contributed by atoms with Crippen molar-refractivity contribution in [2.75, 3.05) is 20.3 Å². The summed E-state index contributed by atoms with van der Waals surface area (Å²) >= 11 is 0. The largest absolute Gasteiger partial charge is 0.444 e. The summed E-state index contributed by atoms with van der Waals surface area (Å²) in [6.45, 7) is 12.4. The number of ether oxygens (including phenoxy) is 2. The molecule has 0 fully saturated rings. The van der Waals surface area contributed by atoms with Gasteiger partial charge in [-0.3, -0.25) is 4.99 Å². The summed E-state index contributed by atoms with van der Waals surface area (Å²) in [5, 5.41) is 5.86. The molecule has 0 saturated carbocycles. The first-order valence-corrected chi connectivity index (χ1v) is 7.60. The zero-order chi connectivity index (χ0) is 17.3. The van der Waals surface area contributed by atoms with E-state index in [0.29, 0.717) is 19.1 Å². The zero-order valence-electron chi connectivity index (χ0n) is 14.9. The van der Waals surface area contributed by atoms with Gasteiger partial charge in [-0.05, 0) is 33.6 Å². The van der Waals surface area contributed by atoms with Crippen molar-refractivity contribution >= 4 is 12.1 Å². The summed E-state index contributed by atoms with van der Waals surface area (Å²) in [6, 6.07) is -0.0713. The normalized spacial score (nSPS) is 15.4. The smallest absolute Gasteiger partial charge is 0.407 e. The Bertz CT molecular complexity index is 364. The lowest BCUT2D eigenvalue weighted by atomic mass is 10.1. The maximum Gasteiger partial charge on any atom is 0.407 e. The lowest BCUT2D eigenvalue weighted by Crippen LogP contribution is -2.45. The molecule has 4 N–H and O–H groups in total. The molecule has 0 aliphatic heterocycles. The van der Waals surface area contributed by atoms with Crippen LogP contribution in [-0.2, 0) is 9.47 Å². The maximum absolute atomic E-state index is 11.8. The van der Waals surface area contributed by atoms with Crippen LogP contribution < -0.4 is 16.4 Å². The van der Waals surface area contributed by atoms with Crippen molar-refractivity contribution in [1.82, 2.24) is 10.6 Å². The van der Waals surface area contributed by atoms with Crippen molar-refractivity contribution < 1.29 is 14.3 Å². The molecule has 0 aromatic heterocycles. The van der Waals surface area contributed by atoms with E-state index in [-0.39, 0.29) is 18.0 Å². The number of rotatable bonds is 7. The highest BCUT2D eigenvalue weighted by molar-refractivity contribution is 5.78. The highest BCUT2D eigenvalue weighted by Crippen LogP contribution is 2.08. The summed E-state index contributed by atoms with van der Waals surface area (Å²) in [5.41, 5.74) is 5.30. The lowest BCUT2D eigenvalue weighted by Gasteiger charge is -2.25. The molecule has 1 amide bonds. The zero-order valence-corrected chi connectivity index (χ0v) is 14.9. The number of guanidine groups is 1. The van der Waals surface area contributed by atoms with Crippen LogP contribution in [0.15, 0.2) is 4.99 Å². The molecule has 0 aliphatic rings. The summed E-state index contributed by atoms with van der Waals surface area (Å²) in [4.78, 5) is 16.1. The Labute approximate surface area is 134 Å². The molecule has 0 aliphatic carbocycles. The van der Waals surface area contributed by atoms with Gasteiger partial charge in [0.2, 0.25) is 0 Å². The van der Waals surface area contributed by atoms with Gasteiger partial charge in [-0.25, -0.2) is 4.79 Å². The standard InChI is InChI=1S/C15H32N4O3/c1-10(2)12(19-14(20)22-15(4,5)6)8-17-13(16)18-11(3)9-21-7/h10-12H,8-9H2,1-7H3,(H,19,20)(H3,16,17,18). The lowest BCUT2D eigenvalue weighted by molar-refractivity contribution is 0.0493. The molecule has 0 bridgehead atoms. The Morgan fingerprint density at radius 2 is 1.82 bits per heavy atom. The first-order valence-electron chi connectivity index (χ1n) is 7.60. The first-order chi connectivity index (χ1) is 10.0. The number of nitrogens with zero attached hydrogens (tertiary/aromatic N) is 1. The minimum atomic E-state index is -0.523. The van der Waals surface area contributed by atoms with E-state index in [2.05, 4.69) is 15.6 Å². The van der Waals surface area contributed by atoms with Gasteiger partial charge in [-0.1, -0.05) is 13.8 Å². The molecule has 0 aromatic rings. The quantitative estimate of drug-likeness (QED) is 0.488. The van der Waals surface area contributed by atoms with E-state index in [0.717, 1.165) is 0 Å². The molecule has 7 heteroatoms. The Hall–Kier alpha value is -1.50. The monoisotopic (exact) mass is 316 g/mol. The number of hydrogen-bond donors (Lipinski definition) is 3. The molecule has 2 unspecified atom stereocenters. The first kappa shape index (κ1) is 20.5. The average molecular weight is 316 g/mol. The average Bonchev–Trinajstić information content (AvgIpc) is 2.31. The number of carbonyl (C=O) groups is 1. The Morgan fingerprint density at radius 1 is 1.23 bits per heavy atom. The van der Waals surface area contributed by atoms with Crippen molar-refractivity contribution in [2.24, 2.45) is 16.6 Å². The van der Waals surface area contributed by atoms with Gasteiger partial charge < -0.3 is 25.8 Å². The maximum atomic E-state index is 11.8. The van der Waals surface area contributed by atoms with E-state index in [1.807, 2.05) is 41.5 Å². The van der Waals surface area contributed by atoms with Gasteiger partial charge in [-0.15, -0.1) is 0 Å². The third-order valence-corrected chi connectivity index (χ3v) is 2.78. The number of nitrogens with two attached hydrogens (primary N) is 1. The van der Waals surface area contributed by atoms with Crippen molar-refractivity contribution in [3.63, 3.8) is 0 Å².